The Hall–Kier alpha value is -8.67. The Morgan fingerprint density at radius 1 is 0.375 bits per heavy atom. The van der Waals surface area contributed by atoms with E-state index >= 15 is 0 Å². The first kappa shape index (κ1) is 31.2. The Morgan fingerprint density at radius 3 is 1.78 bits per heavy atom. The molecule has 0 bridgehead atoms. The highest BCUT2D eigenvalue weighted by molar-refractivity contribution is 6.14. The molecule has 0 amide bonds. The molecule has 5 heteroatoms. The summed E-state index contributed by atoms with van der Waals surface area (Å²) in [5.74, 6) is 0.421. The van der Waals surface area contributed by atoms with Crippen molar-refractivity contribution in [3.8, 4) is 62.1 Å². The lowest BCUT2D eigenvalue weighted by atomic mass is 9.97. The predicted molar refractivity (Wildman–Crippen MR) is 264 cm³/mol. The highest BCUT2D eigenvalue weighted by atomic mass is 16.3. The normalized spacial score (nSPS) is 12.8. The van der Waals surface area contributed by atoms with Gasteiger partial charge in [-0.3, -0.25) is 0 Å². The number of nitrogens with zero attached hydrogens (tertiary/aromatic N) is 4. The summed E-state index contributed by atoms with van der Waals surface area (Å²) in [6, 6.07) is 62.1. The number of para-hydroxylation sites is 2. The van der Waals surface area contributed by atoms with Crippen LogP contribution in [0.3, 0.4) is 0 Å². The molecule has 13 rings (SSSR count). The van der Waals surface area contributed by atoms with Gasteiger partial charge in [0, 0.05) is 38.4 Å². The summed E-state index contributed by atoms with van der Waals surface area (Å²) in [5.41, 5.74) is 9.43. The Bertz CT molecular complexity index is 4200. The first-order valence-electron chi connectivity index (χ1n) is 23.7. The molecule has 13 aromatic rings. The zero-order valence-corrected chi connectivity index (χ0v) is 34.1. The molecule has 0 atom stereocenters. The number of furan rings is 1. The van der Waals surface area contributed by atoms with E-state index in [0.29, 0.717) is 22.3 Å². The standard InChI is InChI=1S/C59H36N4O/c1-3-14-37(15-4-1)40-19-13-20-41(32-40)42-29-31-55-50(34-42)51-35-45(63-53-24-11-9-22-48(53)49-23-10-12-25-54(49)63)36-52(56(51)64-55)59-61-57(39-17-5-2-6-18-39)60-58(62-59)44-28-30-47-43(33-44)27-26-38-16-7-8-21-46(38)47/h1-36H/i2D,5D,6D,17D,18D. The van der Waals surface area contributed by atoms with E-state index in [1.54, 1.807) is 0 Å². The molecule has 0 aliphatic rings. The maximum absolute atomic E-state index is 9.05. The van der Waals surface area contributed by atoms with Crippen LogP contribution >= 0.6 is 0 Å². The molecular weight excluding hydrogens is 781 g/mol. The summed E-state index contributed by atoms with van der Waals surface area (Å²) in [7, 11) is 0. The van der Waals surface area contributed by atoms with Crippen molar-refractivity contribution >= 4 is 65.3 Å². The van der Waals surface area contributed by atoms with Crippen LogP contribution in [0.15, 0.2) is 223 Å². The van der Waals surface area contributed by atoms with Gasteiger partial charge in [0.25, 0.3) is 0 Å². The second kappa shape index (κ2) is 14.5. The van der Waals surface area contributed by atoms with E-state index in [4.69, 9.17) is 26.2 Å². The summed E-state index contributed by atoms with van der Waals surface area (Å²) in [4.78, 5) is 15.2. The lowest BCUT2D eigenvalue weighted by Crippen LogP contribution is -2.01. The average molecular weight is 822 g/mol. The molecule has 0 radical (unpaired) electrons. The van der Waals surface area contributed by atoms with Crippen molar-refractivity contribution in [2.45, 2.75) is 0 Å². The fraction of sp³-hybridized carbons (Fsp3) is 0. The van der Waals surface area contributed by atoms with E-state index in [0.717, 1.165) is 82.1 Å². The van der Waals surface area contributed by atoms with Crippen molar-refractivity contribution in [2.75, 3.05) is 0 Å². The zero-order valence-electron chi connectivity index (χ0n) is 39.1. The quantitative estimate of drug-likeness (QED) is 0.157. The lowest BCUT2D eigenvalue weighted by molar-refractivity contribution is 0.669. The van der Waals surface area contributed by atoms with E-state index in [-0.39, 0.29) is 23.0 Å². The van der Waals surface area contributed by atoms with Crippen molar-refractivity contribution < 1.29 is 11.3 Å². The Morgan fingerprint density at radius 2 is 0.984 bits per heavy atom. The van der Waals surface area contributed by atoms with Crippen molar-refractivity contribution in [1.82, 2.24) is 19.5 Å². The van der Waals surface area contributed by atoms with Gasteiger partial charge < -0.3 is 8.98 Å². The fourth-order valence-corrected chi connectivity index (χ4v) is 9.30. The van der Waals surface area contributed by atoms with Gasteiger partial charge in [-0.25, -0.2) is 15.0 Å². The highest BCUT2D eigenvalue weighted by Crippen LogP contribution is 2.42. The van der Waals surface area contributed by atoms with E-state index in [9.17, 15) is 0 Å². The summed E-state index contributed by atoms with van der Waals surface area (Å²) >= 11 is 0. The molecule has 0 spiro atoms. The van der Waals surface area contributed by atoms with E-state index in [1.165, 1.54) is 0 Å². The van der Waals surface area contributed by atoms with Crippen molar-refractivity contribution in [1.29, 1.82) is 0 Å². The number of benzene rings is 10. The number of rotatable bonds is 6. The van der Waals surface area contributed by atoms with Crippen LogP contribution in [0.4, 0.5) is 0 Å². The lowest BCUT2D eigenvalue weighted by Gasteiger charge is -2.13. The number of hydrogen-bond donors (Lipinski definition) is 0. The van der Waals surface area contributed by atoms with E-state index < -0.39 is 30.2 Å². The Labute approximate surface area is 375 Å². The van der Waals surface area contributed by atoms with Crippen LogP contribution in [0.25, 0.3) is 127 Å². The molecule has 0 saturated heterocycles. The maximum atomic E-state index is 9.05. The third kappa shape index (κ3) is 5.90. The third-order valence-electron chi connectivity index (χ3n) is 12.3. The van der Waals surface area contributed by atoms with Crippen molar-refractivity contribution in [3.63, 3.8) is 0 Å². The Kier molecular flexibility index (Phi) is 7.06. The third-order valence-corrected chi connectivity index (χ3v) is 12.3. The van der Waals surface area contributed by atoms with E-state index in [2.05, 4.69) is 108 Å². The van der Waals surface area contributed by atoms with Gasteiger partial charge in [0.1, 0.15) is 11.2 Å². The van der Waals surface area contributed by atoms with Gasteiger partial charge in [-0.1, -0.05) is 170 Å². The average Bonchev–Trinajstić information content (AvgIpc) is 3.95. The second-order valence-electron chi connectivity index (χ2n) is 16.0. The largest absolute Gasteiger partial charge is 0.455 e. The fourth-order valence-electron chi connectivity index (χ4n) is 9.30. The predicted octanol–water partition coefficient (Wildman–Crippen LogP) is 15.5. The van der Waals surface area contributed by atoms with Gasteiger partial charge in [0.15, 0.2) is 17.5 Å². The minimum absolute atomic E-state index is 0.0577. The van der Waals surface area contributed by atoms with Crippen LogP contribution in [0, 0.1) is 0 Å². The molecule has 3 heterocycles. The molecule has 0 unspecified atom stereocenters. The molecule has 298 valence electrons. The van der Waals surface area contributed by atoms with Gasteiger partial charge in [-0.2, -0.15) is 0 Å². The van der Waals surface area contributed by atoms with Crippen LogP contribution < -0.4 is 0 Å². The van der Waals surface area contributed by atoms with Crippen LogP contribution in [0.5, 0.6) is 0 Å². The smallest absolute Gasteiger partial charge is 0.167 e. The first-order valence-corrected chi connectivity index (χ1v) is 21.2. The zero-order chi connectivity index (χ0) is 46.5. The molecule has 3 aromatic heterocycles. The summed E-state index contributed by atoms with van der Waals surface area (Å²) < 4.78 is 52.9. The van der Waals surface area contributed by atoms with Gasteiger partial charge in [0.05, 0.1) is 23.5 Å². The second-order valence-corrected chi connectivity index (χ2v) is 16.0. The van der Waals surface area contributed by atoms with Crippen molar-refractivity contribution in [3.05, 3.63) is 218 Å². The minimum Gasteiger partial charge on any atom is -0.455 e. The number of fused-ring (bicyclic) bond motifs is 9. The first-order chi connectivity index (χ1) is 33.8. The molecule has 0 N–H and O–H groups in total. The van der Waals surface area contributed by atoms with Gasteiger partial charge in [0.2, 0.25) is 0 Å². The van der Waals surface area contributed by atoms with Crippen LogP contribution in [-0.4, -0.2) is 19.5 Å². The minimum atomic E-state index is -0.501. The summed E-state index contributed by atoms with van der Waals surface area (Å²) in [6.07, 6.45) is 0. The summed E-state index contributed by atoms with van der Waals surface area (Å²) in [6.45, 7) is 0. The molecular formula is C59H36N4O. The topological polar surface area (TPSA) is 56.7 Å². The monoisotopic (exact) mass is 821 g/mol. The van der Waals surface area contributed by atoms with Crippen LogP contribution in [0.1, 0.15) is 6.85 Å². The van der Waals surface area contributed by atoms with E-state index in [1.807, 2.05) is 84.9 Å². The Balaban J connectivity index is 1.10. The number of aromatic nitrogens is 4. The summed E-state index contributed by atoms with van der Waals surface area (Å²) in [5, 5.41) is 8.17. The molecule has 0 aliphatic carbocycles. The molecule has 0 saturated carbocycles. The number of hydrogen-bond acceptors (Lipinski definition) is 4. The van der Waals surface area contributed by atoms with Gasteiger partial charge >= 0.3 is 0 Å². The molecule has 10 aromatic carbocycles. The SMILES string of the molecule is [2H]c1c([2H])c([2H])c(-c2nc(-c3ccc4c(ccc5ccccc54)c3)nc(-c3cc(-n4c5ccccc5c5ccccc54)cc4c3oc3ccc(-c5cccc(-c6ccccc6)c5)cc34)n2)c([2H])c1[2H]. The molecule has 0 fully saturated rings. The van der Waals surface area contributed by atoms with Crippen LogP contribution in [-0.2, 0) is 0 Å². The molecule has 0 aliphatic heterocycles. The van der Waals surface area contributed by atoms with Gasteiger partial charge in [-0.05, 0) is 92.3 Å². The molecule has 64 heavy (non-hydrogen) atoms. The molecule has 5 nitrogen and oxygen atoms in total. The highest BCUT2D eigenvalue weighted by Gasteiger charge is 2.22. The maximum Gasteiger partial charge on any atom is 0.167 e. The van der Waals surface area contributed by atoms with Gasteiger partial charge in [-0.15, -0.1) is 0 Å². The van der Waals surface area contributed by atoms with Crippen LogP contribution in [0.2, 0.25) is 0 Å². The van der Waals surface area contributed by atoms with Crippen molar-refractivity contribution in [2.24, 2.45) is 0 Å².